The van der Waals surface area contributed by atoms with Gasteiger partial charge in [0.2, 0.25) is 0 Å². The van der Waals surface area contributed by atoms with Gasteiger partial charge in [-0.2, -0.15) is 0 Å². The van der Waals surface area contributed by atoms with Crippen LogP contribution in [0.3, 0.4) is 0 Å². The molecule has 6 nitrogen and oxygen atoms in total. The highest BCUT2D eigenvalue weighted by Crippen LogP contribution is 2.08. The lowest BCUT2D eigenvalue weighted by atomic mass is 10.1. The molecule has 0 aliphatic rings. The van der Waals surface area contributed by atoms with E-state index >= 15 is 0 Å². The van der Waals surface area contributed by atoms with Gasteiger partial charge in [-0.05, 0) is 23.8 Å². The van der Waals surface area contributed by atoms with Crippen LogP contribution in [0.5, 0.6) is 5.75 Å². The first kappa shape index (κ1) is 15.7. The maximum atomic E-state index is 9.53. The molecule has 0 radical (unpaired) electrons. The number of phenols is 1. The Morgan fingerprint density at radius 1 is 1.22 bits per heavy atom. The van der Waals surface area contributed by atoms with Gasteiger partial charge >= 0.3 is 5.97 Å². The molecule has 5 N–H and O–H groups in total. The Bertz CT molecular complexity index is 395. The second kappa shape index (κ2) is 8.77. The predicted octanol–water partition coefficient (Wildman–Crippen LogP) is -1.45. The van der Waals surface area contributed by atoms with E-state index in [0.717, 1.165) is 13.0 Å². The van der Waals surface area contributed by atoms with Crippen molar-refractivity contribution >= 4 is 11.9 Å². The molecule has 98 valence electrons. The van der Waals surface area contributed by atoms with Crippen molar-refractivity contribution in [3.05, 3.63) is 42.0 Å². The molecule has 1 rings (SSSR count). The molecule has 0 bridgehead atoms. The first-order valence-electron chi connectivity index (χ1n) is 5.15. The van der Waals surface area contributed by atoms with Crippen molar-refractivity contribution < 1.29 is 30.6 Å². The Balaban J connectivity index is 0.000000331. The van der Waals surface area contributed by atoms with Crippen molar-refractivity contribution in [3.8, 4) is 5.75 Å². The number of hydrogen-bond donors (Lipinski definition) is 3. The van der Waals surface area contributed by atoms with Gasteiger partial charge in [0.05, 0.1) is 12.5 Å². The summed E-state index contributed by atoms with van der Waals surface area (Å²) in [6, 6.07) is 7.23. The molecule has 6 heteroatoms. The van der Waals surface area contributed by atoms with E-state index in [1.54, 1.807) is 12.1 Å². The summed E-state index contributed by atoms with van der Waals surface area (Å²) in [5, 5.41) is 26.1. The van der Waals surface area contributed by atoms with Crippen molar-refractivity contribution in [1.82, 2.24) is 0 Å². The van der Waals surface area contributed by atoms with Crippen molar-refractivity contribution in [2.24, 2.45) is 0 Å². The number of quaternary nitrogens is 1. The second-order valence-electron chi connectivity index (χ2n) is 3.26. The molecule has 0 saturated carbocycles. The number of aromatic hydroxyl groups is 1. The van der Waals surface area contributed by atoms with Gasteiger partial charge < -0.3 is 25.8 Å². The molecule has 0 fully saturated rings. The van der Waals surface area contributed by atoms with Crippen molar-refractivity contribution in [2.75, 3.05) is 6.54 Å². The quantitative estimate of drug-likeness (QED) is 0.566. The predicted molar refractivity (Wildman–Crippen MR) is 61.3 cm³/mol. The van der Waals surface area contributed by atoms with Gasteiger partial charge in [0, 0.05) is 12.5 Å². The molecule has 0 aliphatic heterocycles. The van der Waals surface area contributed by atoms with E-state index < -0.39 is 11.9 Å². The minimum Gasteiger partial charge on any atom is -0.545 e. The molecule has 0 saturated heterocycles. The van der Waals surface area contributed by atoms with E-state index in [4.69, 9.17) is 10.2 Å². The fourth-order valence-corrected chi connectivity index (χ4v) is 1.01. The fourth-order valence-electron chi connectivity index (χ4n) is 1.01. The van der Waals surface area contributed by atoms with Crippen LogP contribution < -0.4 is 10.8 Å². The third-order valence-corrected chi connectivity index (χ3v) is 1.76. The summed E-state index contributed by atoms with van der Waals surface area (Å²) < 4.78 is 0. The highest BCUT2D eigenvalue weighted by Gasteiger charge is 1.90. The van der Waals surface area contributed by atoms with Crippen LogP contribution in [0.4, 0.5) is 0 Å². The van der Waals surface area contributed by atoms with Crippen molar-refractivity contribution in [1.29, 1.82) is 0 Å². The first-order chi connectivity index (χ1) is 8.45. The summed E-state index contributed by atoms with van der Waals surface area (Å²) in [6.07, 6.45) is 1.93. The van der Waals surface area contributed by atoms with Crippen molar-refractivity contribution in [3.63, 3.8) is 0 Å². The third-order valence-electron chi connectivity index (χ3n) is 1.76. The SMILES string of the molecule is O=C([O-])/C=C\C(=O)O.[NH3+]CCc1ccc(O)cc1. The first-order valence-corrected chi connectivity index (χ1v) is 5.15. The minimum absolute atomic E-state index is 0.327. The smallest absolute Gasteiger partial charge is 0.328 e. The molecule has 0 atom stereocenters. The Labute approximate surface area is 104 Å². The minimum atomic E-state index is -1.51. The van der Waals surface area contributed by atoms with Gasteiger partial charge in [-0.1, -0.05) is 12.1 Å². The lowest BCUT2D eigenvalue weighted by molar-refractivity contribution is -0.366. The Morgan fingerprint density at radius 3 is 2.11 bits per heavy atom. The Hall–Kier alpha value is -2.34. The van der Waals surface area contributed by atoms with Crippen LogP contribution in [0.2, 0.25) is 0 Å². The molecular formula is C12H15NO5. The number of carbonyl (C=O) groups is 2. The van der Waals surface area contributed by atoms with Gasteiger partial charge in [-0.15, -0.1) is 0 Å². The summed E-state index contributed by atoms with van der Waals surface area (Å²) in [7, 11) is 0. The van der Waals surface area contributed by atoms with Crippen LogP contribution >= 0.6 is 0 Å². The largest absolute Gasteiger partial charge is 0.545 e. The topological polar surface area (TPSA) is 125 Å². The van der Waals surface area contributed by atoms with Crippen molar-refractivity contribution in [2.45, 2.75) is 6.42 Å². The zero-order chi connectivity index (χ0) is 14.0. The number of carboxylic acid groups (broad SMARTS) is 2. The number of benzene rings is 1. The fraction of sp³-hybridized carbons (Fsp3) is 0.167. The van der Waals surface area contributed by atoms with Gasteiger partial charge in [0.1, 0.15) is 5.75 Å². The molecule has 0 amide bonds. The van der Waals surface area contributed by atoms with Crippen LogP contribution in [-0.4, -0.2) is 28.7 Å². The molecular weight excluding hydrogens is 238 g/mol. The van der Waals surface area contributed by atoms with Crippen LogP contribution in [0.15, 0.2) is 36.4 Å². The Kier molecular flexibility index (Phi) is 7.63. The number of hydrogen-bond acceptors (Lipinski definition) is 4. The summed E-state index contributed by atoms with van der Waals surface area (Å²) in [6.45, 7) is 0.908. The molecule has 0 aromatic heterocycles. The highest BCUT2D eigenvalue weighted by atomic mass is 16.4. The number of rotatable bonds is 4. The van der Waals surface area contributed by atoms with Gasteiger partial charge in [-0.25, -0.2) is 4.79 Å². The van der Waals surface area contributed by atoms with Gasteiger partial charge in [0.25, 0.3) is 0 Å². The zero-order valence-corrected chi connectivity index (χ0v) is 9.70. The third kappa shape index (κ3) is 8.93. The lowest BCUT2D eigenvalue weighted by Crippen LogP contribution is -2.51. The van der Waals surface area contributed by atoms with E-state index in [0.29, 0.717) is 17.9 Å². The standard InChI is InChI=1S/C8H11NO.C4H4O4/c9-6-5-7-1-3-8(10)4-2-7;5-3(6)1-2-4(7)8/h1-4,10H,5-6,9H2;1-2H,(H,5,6)(H,7,8)/b;2-1-. The summed E-state index contributed by atoms with van der Waals surface area (Å²) in [5.41, 5.74) is 4.97. The molecule has 18 heavy (non-hydrogen) atoms. The van der Waals surface area contributed by atoms with Crippen LogP contribution in [0, 0.1) is 0 Å². The van der Waals surface area contributed by atoms with Gasteiger partial charge in [-0.3, -0.25) is 0 Å². The number of carboxylic acids is 2. The molecule has 0 spiro atoms. The Morgan fingerprint density at radius 2 is 1.78 bits per heavy atom. The molecule has 1 aromatic carbocycles. The van der Waals surface area contributed by atoms with Crippen LogP contribution in [0.25, 0.3) is 0 Å². The summed E-state index contributed by atoms with van der Waals surface area (Å²) in [4.78, 5) is 19.0. The maximum Gasteiger partial charge on any atom is 0.328 e. The number of carbonyl (C=O) groups excluding carboxylic acids is 1. The number of phenolic OH excluding ortho intramolecular Hbond substituents is 1. The zero-order valence-electron chi connectivity index (χ0n) is 9.70. The summed E-state index contributed by atoms with van der Waals surface area (Å²) in [5.74, 6) is -2.48. The number of aliphatic carboxylic acids is 2. The average molecular weight is 253 g/mol. The molecule has 1 aromatic rings. The van der Waals surface area contributed by atoms with E-state index in [1.165, 1.54) is 5.56 Å². The lowest BCUT2D eigenvalue weighted by Gasteiger charge is -1.95. The average Bonchev–Trinajstić information content (AvgIpc) is 2.31. The van der Waals surface area contributed by atoms with E-state index in [2.05, 4.69) is 5.73 Å². The normalized spacial score (nSPS) is 9.61. The van der Waals surface area contributed by atoms with Crippen LogP contribution in [-0.2, 0) is 16.0 Å². The van der Waals surface area contributed by atoms with E-state index in [9.17, 15) is 14.7 Å². The van der Waals surface area contributed by atoms with E-state index in [1.807, 2.05) is 12.1 Å². The van der Waals surface area contributed by atoms with Gasteiger partial charge in [0.15, 0.2) is 0 Å². The van der Waals surface area contributed by atoms with Crippen LogP contribution in [0.1, 0.15) is 5.56 Å². The molecule has 0 aliphatic carbocycles. The molecule has 0 unspecified atom stereocenters. The monoisotopic (exact) mass is 253 g/mol. The highest BCUT2D eigenvalue weighted by molar-refractivity contribution is 5.88. The van der Waals surface area contributed by atoms with E-state index in [-0.39, 0.29) is 0 Å². The summed E-state index contributed by atoms with van der Waals surface area (Å²) >= 11 is 0. The molecule has 0 heterocycles. The second-order valence-corrected chi connectivity index (χ2v) is 3.26. The maximum absolute atomic E-state index is 9.53.